The highest BCUT2D eigenvalue weighted by atomic mass is 16.5. The van der Waals surface area contributed by atoms with E-state index in [1.54, 1.807) is 47.9 Å². The molecule has 1 aliphatic heterocycles. The molecule has 1 aromatic heterocycles. The molecule has 2 heterocycles. The maximum absolute atomic E-state index is 11.6. The van der Waals surface area contributed by atoms with Gasteiger partial charge in [-0.15, -0.1) is 0 Å². The molecule has 0 unspecified atom stereocenters. The summed E-state index contributed by atoms with van der Waals surface area (Å²) >= 11 is 0. The Hall–Kier alpha value is -8.93. The van der Waals surface area contributed by atoms with E-state index in [1.807, 2.05) is 109 Å². The smallest absolute Gasteiger partial charge is 0.248 e. The van der Waals surface area contributed by atoms with Crippen LogP contribution in [0.1, 0.15) is 56.3 Å². The van der Waals surface area contributed by atoms with Crippen LogP contribution in [0.15, 0.2) is 182 Å². The van der Waals surface area contributed by atoms with Gasteiger partial charge in [0.15, 0.2) is 6.29 Å². The molecule has 1 aliphatic rings. The maximum Gasteiger partial charge on any atom is 0.248 e. The van der Waals surface area contributed by atoms with Crippen LogP contribution < -0.4 is 24.7 Å². The van der Waals surface area contributed by atoms with Crippen molar-refractivity contribution in [3.63, 3.8) is 0 Å². The fourth-order valence-corrected chi connectivity index (χ4v) is 10.2. The number of piperidine rings is 1. The number of carbonyl (C=O) groups is 3. The van der Waals surface area contributed by atoms with E-state index in [0.29, 0.717) is 29.3 Å². The van der Waals surface area contributed by atoms with Crippen molar-refractivity contribution in [1.29, 1.82) is 0 Å². The Labute approximate surface area is 450 Å². The van der Waals surface area contributed by atoms with Gasteiger partial charge in [-0.05, 0) is 116 Å². The average molecular weight is 1030 g/mol. The summed E-state index contributed by atoms with van der Waals surface area (Å²) in [6, 6.07) is 56.7. The van der Waals surface area contributed by atoms with Crippen LogP contribution in [0.5, 0.6) is 23.0 Å². The number of rotatable bonds is 14. The van der Waals surface area contributed by atoms with Gasteiger partial charge in [0.25, 0.3) is 0 Å². The first-order valence-corrected chi connectivity index (χ1v) is 25.7. The predicted molar refractivity (Wildman–Crippen MR) is 312 cm³/mol. The second-order valence-corrected chi connectivity index (χ2v) is 18.5. The van der Waals surface area contributed by atoms with E-state index in [9.17, 15) is 14.4 Å². The molecule has 392 valence electrons. The molecule has 11 heteroatoms. The minimum Gasteiger partial charge on any atom is -0.504 e. The van der Waals surface area contributed by atoms with E-state index in [4.69, 9.17) is 29.4 Å². The summed E-state index contributed by atoms with van der Waals surface area (Å²) < 4.78 is 28.7. The summed E-state index contributed by atoms with van der Waals surface area (Å²) in [5.74, 6) is 2.85. The van der Waals surface area contributed by atoms with Crippen molar-refractivity contribution in [2.75, 3.05) is 55.2 Å². The van der Waals surface area contributed by atoms with Crippen molar-refractivity contribution < 1.29 is 38.1 Å². The standard InChI is InChI=1S/C27H29N3O2.C14H14O2.C13H12O2.C12H10O2/c1-32-26-9-8-19-4-2-3-5-23(19)24(26)13-16-29-14-11-22(12-15-29)30-17-10-20-6-7-21(27(28)31)18-25(20)30;1-15-10-9-13-12-6-4-3-5-11(12)7-8-14(13)16-2;1-15-13-7-6-10-4-2-3-5-11(10)12(13)8-9-14;1-14-12-7-6-9-4-2-3-5-10(9)11(12)8-13/h2-10,17-18,22H,11-16H2,1H3,(H2,28,31);3-10H,1-2H3;2-7,9H,8H2,1H3;2-8H,1H3. The quantitative estimate of drug-likeness (QED) is 0.0835. The minimum absolute atomic E-state index is 0.377. The summed E-state index contributed by atoms with van der Waals surface area (Å²) in [5.41, 5.74) is 11.1. The number of carbonyl (C=O) groups excluding carboxylic acids is 3. The Bertz CT molecular complexity index is 3670. The number of likely N-dealkylation sites (tertiary alicyclic amines) is 1. The van der Waals surface area contributed by atoms with Gasteiger partial charge in [0.1, 0.15) is 29.3 Å². The van der Waals surface area contributed by atoms with Crippen LogP contribution >= 0.6 is 0 Å². The lowest BCUT2D eigenvalue weighted by Gasteiger charge is -2.33. The SMILES string of the molecule is COC=Cc1c(OC)ccc2ccccc12.COc1ccc2ccccc2c1C=O.COc1ccc2ccccc2c1CC=O.COc1ccc2ccccc2c1CCN1CCC(n2ccc3ccc(C(N)=O)cc32)CC1. The fraction of sp³-hybridized carbons (Fsp3) is 0.197. The van der Waals surface area contributed by atoms with Gasteiger partial charge in [-0.1, -0.05) is 127 Å². The van der Waals surface area contributed by atoms with Gasteiger partial charge in [0.05, 0.1) is 47.4 Å². The van der Waals surface area contributed by atoms with Crippen LogP contribution in [0.25, 0.3) is 60.1 Å². The number of benzene rings is 9. The fourth-order valence-electron chi connectivity index (χ4n) is 10.2. The van der Waals surface area contributed by atoms with Crippen LogP contribution in [0.2, 0.25) is 0 Å². The van der Waals surface area contributed by atoms with Crippen molar-refractivity contribution in [2.24, 2.45) is 5.73 Å². The van der Waals surface area contributed by atoms with E-state index in [0.717, 1.165) is 118 Å². The molecule has 1 fully saturated rings. The molecule has 0 spiro atoms. The number of fused-ring (bicyclic) bond motifs is 5. The van der Waals surface area contributed by atoms with Crippen LogP contribution in [0, 0.1) is 0 Å². The average Bonchev–Trinajstić information content (AvgIpc) is 3.93. The molecule has 0 bridgehead atoms. The molecular formula is C66H65N3O8. The number of aromatic nitrogens is 1. The molecule has 9 aromatic carbocycles. The highest BCUT2D eigenvalue weighted by Crippen LogP contribution is 2.33. The van der Waals surface area contributed by atoms with E-state index >= 15 is 0 Å². The van der Waals surface area contributed by atoms with Gasteiger partial charge in [-0.25, -0.2) is 0 Å². The summed E-state index contributed by atoms with van der Waals surface area (Å²) in [6.45, 7) is 3.15. The Morgan fingerprint density at radius 1 is 0.545 bits per heavy atom. The van der Waals surface area contributed by atoms with E-state index in [1.165, 1.54) is 21.7 Å². The Kier molecular flexibility index (Phi) is 18.7. The Morgan fingerprint density at radius 3 is 1.53 bits per heavy atom. The first-order valence-electron chi connectivity index (χ1n) is 25.7. The van der Waals surface area contributed by atoms with E-state index in [2.05, 4.69) is 76.3 Å². The number of hydrogen-bond acceptors (Lipinski definition) is 9. The lowest BCUT2D eigenvalue weighted by Crippen LogP contribution is -2.35. The molecule has 77 heavy (non-hydrogen) atoms. The van der Waals surface area contributed by atoms with Gasteiger partial charge < -0.3 is 43.7 Å². The number of methoxy groups -OCH3 is 5. The van der Waals surface area contributed by atoms with Gasteiger partial charge in [0.2, 0.25) is 5.91 Å². The van der Waals surface area contributed by atoms with E-state index < -0.39 is 0 Å². The number of aldehydes is 2. The summed E-state index contributed by atoms with van der Waals surface area (Å²) in [6.07, 6.45) is 11.0. The predicted octanol–water partition coefficient (Wildman–Crippen LogP) is 13.5. The van der Waals surface area contributed by atoms with Crippen LogP contribution in [0.4, 0.5) is 0 Å². The number of primary amides is 1. The number of nitrogens with two attached hydrogens (primary N) is 1. The van der Waals surface area contributed by atoms with Crippen LogP contribution in [0.3, 0.4) is 0 Å². The summed E-state index contributed by atoms with van der Waals surface area (Å²) in [5, 5.41) is 10.3. The van der Waals surface area contributed by atoms with Crippen molar-refractivity contribution >= 4 is 78.5 Å². The van der Waals surface area contributed by atoms with Crippen LogP contribution in [-0.2, 0) is 22.4 Å². The molecule has 1 amide bonds. The number of nitrogens with zero attached hydrogens (tertiary/aromatic N) is 2. The topological polar surface area (TPSA) is 132 Å². The highest BCUT2D eigenvalue weighted by molar-refractivity contribution is 6.01. The summed E-state index contributed by atoms with van der Waals surface area (Å²) in [7, 11) is 8.25. The molecule has 0 saturated carbocycles. The molecule has 11 rings (SSSR count). The lowest BCUT2D eigenvalue weighted by molar-refractivity contribution is -0.107. The zero-order chi connectivity index (χ0) is 54.1. The maximum atomic E-state index is 11.6. The van der Waals surface area contributed by atoms with Gasteiger partial charge in [-0.3, -0.25) is 9.59 Å². The van der Waals surface area contributed by atoms with Crippen LogP contribution in [-0.4, -0.2) is 83.1 Å². The molecular weight excluding hydrogens is 963 g/mol. The van der Waals surface area contributed by atoms with Gasteiger partial charge in [0, 0.05) is 66.1 Å². The highest BCUT2D eigenvalue weighted by Gasteiger charge is 2.22. The number of ether oxygens (including phenoxy) is 5. The first kappa shape index (κ1) is 54.3. The first-order chi connectivity index (χ1) is 37.7. The zero-order valence-electron chi connectivity index (χ0n) is 44.3. The molecule has 10 aromatic rings. The third-order valence-electron chi connectivity index (χ3n) is 14.1. The molecule has 1 saturated heterocycles. The second-order valence-electron chi connectivity index (χ2n) is 18.5. The monoisotopic (exact) mass is 1030 g/mol. The van der Waals surface area contributed by atoms with Gasteiger partial charge in [-0.2, -0.15) is 0 Å². The minimum atomic E-state index is -0.377. The number of hydrogen-bond donors (Lipinski definition) is 1. The van der Waals surface area contributed by atoms with Crippen molar-refractivity contribution in [3.05, 3.63) is 210 Å². The Morgan fingerprint density at radius 2 is 1.01 bits per heavy atom. The molecule has 11 nitrogen and oxygen atoms in total. The molecule has 0 atom stereocenters. The normalized spacial score (nSPS) is 12.5. The van der Waals surface area contributed by atoms with E-state index in [-0.39, 0.29) is 5.91 Å². The lowest BCUT2D eigenvalue weighted by atomic mass is 9.99. The third-order valence-corrected chi connectivity index (χ3v) is 14.1. The Balaban J connectivity index is 0.000000147. The molecule has 0 aliphatic carbocycles. The van der Waals surface area contributed by atoms with Crippen molar-refractivity contribution in [3.8, 4) is 23.0 Å². The third kappa shape index (κ3) is 12.8. The summed E-state index contributed by atoms with van der Waals surface area (Å²) in [4.78, 5) is 35.7. The van der Waals surface area contributed by atoms with Gasteiger partial charge >= 0.3 is 0 Å². The molecule has 2 N–H and O–H groups in total. The number of amides is 1. The zero-order valence-corrected chi connectivity index (χ0v) is 44.3. The van der Waals surface area contributed by atoms with Crippen molar-refractivity contribution in [1.82, 2.24) is 9.47 Å². The molecule has 0 radical (unpaired) electrons. The van der Waals surface area contributed by atoms with Crippen molar-refractivity contribution in [2.45, 2.75) is 31.7 Å². The largest absolute Gasteiger partial charge is 0.504 e. The second kappa shape index (κ2) is 26.5.